The highest BCUT2D eigenvalue weighted by Gasteiger charge is 2.26. The lowest BCUT2D eigenvalue weighted by Crippen LogP contribution is -2.31. The lowest BCUT2D eigenvalue weighted by Gasteiger charge is -2.13. The van der Waals surface area contributed by atoms with E-state index in [1.807, 2.05) is 0 Å². The normalized spacial score (nSPS) is 12.9. The summed E-state index contributed by atoms with van der Waals surface area (Å²) in [5.41, 5.74) is 10.6. The van der Waals surface area contributed by atoms with Gasteiger partial charge >= 0.3 is 0 Å². The van der Waals surface area contributed by atoms with Crippen LogP contribution >= 0.6 is 0 Å². The highest BCUT2D eigenvalue weighted by atomic mass is 16.5. The third-order valence-corrected chi connectivity index (χ3v) is 5.27. The molecule has 0 saturated carbocycles. The first kappa shape index (κ1) is 17.9. The molecule has 4 rings (SSSR count). The molecule has 3 aromatic carbocycles. The van der Waals surface area contributed by atoms with E-state index < -0.39 is 22.6 Å². The number of rotatable bonds is 3. The number of anilines is 2. The van der Waals surface area contributed by atoms with Gasteiger partial charge in [0.15, 0.2) is 10.9 Å². The van der Waals surface area contributed by atoms with Crippen LogP contribution in [0.5, 0.6) is 0 Å². The predicted octanol–water partition coefficient (Wildman–Crippen LogP) is 1.10. The first-order valence-electron chi connectivity index (χ1n) is 8.73. The van der Waals surface area contributed by atoms with Gasteiger partial charge in [0, 0.05) is 17.9 Å². The van der Waals surface area contributed by atoms with Crippen LogP contribution in [0.25, 0.3) is 32.3 Å². The Morgan fingerprint density at radius 1 is 0.964 bits per heavy atom. The number of aromatic nitrogens is 1. The molecular weight excluding hydrogens is 360 g/mol. The topological polar surface area (TPSA) is 141 Å². The molecular formula is C20H18N4O4. The van der Waals surface area contributed by atoms with Gasteiger partial charge in [0.1, 0.15) is 11.7 Å². The Kier molecular flexibility index (Phi) is 3.83. The van der Waals surface area contributed by atoms with Gasteiger partial charge in [0.05, 0.1) is 32.9 Å². The van der Waals surface area contributed by atoms with E-state index >= 15 is 0 Å². The third-order valence-electron chi connectivity index (χ3n) is 5.27. The minimum absolute atomic E-state index is 0.0303. The molecule has 1 unspecified atom stereocenters. The van der Waals surface area contributed by atoms with Crippen LogP contribution in [0.15, 0.2) is 38.6 Å². The van der Waals surface area contributed by atoms with Crippen molar-refractivity contribution in [3.05, 3.63) is 60.6 Å². The number of benzene rings is 3. The largest absolute Gasteiger partial charge is 0.397 e. The average Bonchev–Trinajstić information content (AvgIpc) is 2.95. The maximum Gasteiger partial charge on any atom is 0.264 e. The summed E-state index contributed by atoms with van der Waals surface area (Å²) in [6.45, 7) is 1.80. The number of fused-ring (bicyclic) bond motifs is 3. The second-order valence-electron chi connectivity index (χ2n) is 6.65. The van der Waals surface area contributed by atoms with Crippen LogP contribution in [0.2, 0.25) is 0 Å². The van der Waals surface area contributed by atoms with Crippen LogP contribution < -0.4 is 33.4 Å². The number of nitrogens with one attached hydrogen (secondary N) is 1. The van der Waals surface area contributed by atoms with Crippen LogP contribution in [0.3, 0.4) is 0 Å². The summed E-state index contributed by atoms with van der Waals surface area (Å²) in [4.78, 5) is 39.1. The summed E-state index contributed by atoms with van der Waals surface area (Å²) in [7, 11) is 1.43. The number of methoxy groups -OCH3 is 1. The van der Waals surface area contributed by atoms with Gasteiger partial charge in [0.25, 0.3) is 5.56 Å². The van der Waals surface area contributed by atoms with Gasteiger partial charge in [-0.25, -0.2) is 0 Å². The highest BCUT2D eigenvalue weighted by molar-refractivity contribution is 6.20. The summed E-state index contributed by atoms with van der Waals surface area (Å²) in [5.74, 6) is 0. The van der Waals surface area contributed by atoms with Gasteiger partial charge in [-0.05, 0) is 6.42 Å². The molecule has 0 spiro atoms. The van der Waals surface area contributed by atoms with Gasteiger partial charge in [-0.15, -0.1) is 0 Å². The Balaban J connectivity index is 2.39. The number of nitrogens with two attached hydrogens (primary N) is 2. The number of ether oxygens (including phenoxy) is 1. The van der Waals surface area contributed by atoms with Gasteiger partial charge in [-0.1, -0.05) is 31.2 Å². The van der Waals surface area contributed by atoms with Crippen LogP contribution in [0.4, 0.5) is 11.4 Å². The molecule has 0 aliphatic carbocycles. The third kappa shape index (κ3) is 2.03. The number of nitrogen functional groups attached to an aromatic ring is 2. The zero-order valence-electron chi connectivity index (χ0n) is 15.3. The molecule has 1 aromatic heterocycles. The lowest BCUT2D eigenvalue weighted by molar-refractivity contribution is 0.0361. The molecule has 8 nitrogen and oxygen atoms in total. The second kappa shape index (κ2) is 6.00. The van der Waals surface area contributed by atoms with Crippen molar-refractivity contribution in [2.75, 3.05) is 18.6 Å². The fraction of sp³-hybridized carbons (Fsp3) is 0.200. The Labute approximate surface area is 157 Å². The molecule has 8 heteroatoms. The molecule has 1 atom stereocenters. The fourth-order valence-corrected chi connectivity index (χ4v) is 3.95. The molecule has 0 aliphatic rings. The van der Waals surface area contributed by atoms with Crippen LogP contribution in [0, 0.1) is 5.41 Å². The summed E-state index contributed by atoms with van der Waals surface area (Å²) >= 11 is 0. The number of nitrogens with zero attached hydrogens (tertiary/aromatic N) is 1. The van der Waals surface area contributed by atoms with E-state index in [1.54, 1.807) is 25.1 Å². The first-order valence-corrected chi connectivity index (χ1v) is 8.73. The molecule has 142 valence electrons. The Morgan fingerprint density at radius 2 is 1.46 bits per heavy atom. The molecule has 0 amide bonds. The maximum absolute atomic E-state index is 13.1. The standard InChI is InChI=1S/C20H18N4O4/c1-3-10(28-2)24-19(23)13-14(20(24)27)16(22)12-11(15(13)21)17(25)8-6-4-5-7-9(8)18(12)26/h4-7,10,23H,3,21-22H2,1-2H3. The smallest absolute Gasteiger partial charge is 0.264 e. The number of hydrogen-bond donors (Lipinski definition) is 3. The molecule has 28 heavy (non-hydrogen) atoms. The fourth-order valence-electron chi connectivity index (χ4n) is 3.95. The molecule has 0 fully saturated rings. The summed E-state index contributed by atoms with van der Waals surface area (Å²) in [6.07, 6.45) is -0.256. The predicted molar refractivity (Wildman–Crippen MR) is 109 cm³/mol. The number of hydrogen-bond acceptors (Lipinski definition) is 7. The van der Waals surface area contributed by atoms with Crippen LogP contribution in [-0.4, -0.2) is 11.7 Å². The van der Waals surface area contributed by atoms with Gasteiger partial charge < -0.3 is 16.2 Å². The van der Waals surface area contributed by atoms with Gasteiger partial charge in [-0.2, -0.15) is 0 Å². The Bertz CT molecular complexity index is 1380. The molecule has 0 saturated heterocycles. The molecule has 0 aliphatic heterocycles. The van der Waals surface area contributed by atoms with E-state index in [2.05, 4.69) is 0 Å². The lowest BCUT2D eigenvalue weighted by atomic mass is 9.97. The minimum atomic E-state index is -0.688. The highest BCUT2D eigenvalue weighted by Crippen LogP contribution is 2.31. The van der Waals surface area contributed by atoms with Crippen molar-refractivity contribution in [2.24, 2.45) is 0 Å². The van der Waals surface area contributed by atoms with Crippen LogP contribution in [0.1, 0.15) is 19.6 Å². The van der Waals surface area contributed by atoms with Crippen molar-refractivity contribution in [3.63, 3.8) is 0 Å². The van der Waals surface area contributed by atoms with Crippen molar-refractivity contribution in [1.29, 1.82) is 5.41 Å². The van der Waals surface area contributed by atoms with Crippen molar-refractivity contribution in [2.45, 2.75) is 19.6 Å². The van der Waals surface area contributed by atoms with E-state index in [4.69, 9.17) is 21.6 Å². The Morgan fingerprint density at radius 3 is 1.93 bits per heavy atom. The van der Waals surface area contributed by atoms with E-state index in [9.17, 15) is 14.4 Å². The van der Waals surface area contributed by atoms with Crippen molar-refractivity contribution < 1.29 is 4.74 Å². The first-order chi connectivity index (χ1) is 13.3. The summed E-state index contributed by atoms with van der Waals surface area (Å²) < 4.78 is 6.45. The zero-order chi connectivity index (χ0) is 20.3. The van der Waals surface area contributed by atoms with Gasteiger partial charge in [0.2, 0.25) is 0 Å². The molecule has 5 N–H and O–H groups in total. The molecule has 0 radical (unpaired) electrons. The second-order valence-corrected chi connectivity index (χ2v) is 6.65. The molecule has 1 heterocycles. The Hall–Kier alpha value is -3.52. The molecule has 0 bridgehead atoms. The van der Waals surface area contributed by atoms with Crippen LogP contribution in [-0.2, 0) is 4.74 Å². The van der Waals surface area contributed by atoms with Crippen molar-refractivity contribution >= 4 is 43.7 Å². The van der Waals surface area contributed by atoms with E-state index in [0.29, 0.717) is 6.42 Å². The van der Waals surface area contributed by atoms with E-state index in [1.165, 1.54) is 13.2 Å². The monoisotopic (exact) mass is 378 g/mol. The van der Waals surface area contributed by atoms with Gasteiger partial charge in [-0.3, -0.25) is 24.4 Å². The average molecular weight is 378 g/mol. The quantitative estimate of drug-likeness (QED) is 0.277. The molecule has 4 aromatic rings. The SMILES string of the molecule is CCC(OC)n1c(=N)c2c(N)c3c(=O)c4ccccc4c(=O)c3c(N)c2c1=O. The summed E-state index contributed by atoms with van der Waals surface area (Å²) in [6, 6.07) is 6.38. The van der Waals surface area contributed by atoms with E-state index in [-0.39, 0.29) is 49.2 Å². The van der Waals surface area contributed by atoms with Crippen molar-refractivity contribution in [3.8, 4) is 0 Å². The maximum atomic E-state index is 13.1. The summed E-state index contributed by atoms with van der Waals surface area (Å²) in [5, 5.41) is 8.81. The van der Waals surface area contributed by atoms with E-state index in [0.717, 1.165) is 4.57 Å². The minimum Gasteiger partial charge on any atom is -0.397 e. The van der Waals surface area contributed by atoms with Crippen molar-refractivity contribution in [1.82, 2.24) is 4.57 Å². The zero-order valence-corrected chi connectivity index (χ0v) is 15.3.